The molecule has 2 atom stereocenters. The topological polar surface area (TPSA) is 81.8 Å². The molecule has 1 saturated heterocycles. The number of nitrogens with zero attached hydrogens (tertiary/aromatic N) is 2. The molecule has 2 aliphatic heterocycles. The summed E-state index contributed by atoms with van der Waals surface area (Å²) in [6, 6.07) is 12.6. The number of carbonyl (C=O) groups excluding carboxylic acids is 3. The van der Waals surface area contributed by atoms with E-state index < -0.39 is 18.1 Å². The SMILES string of the molecule is Cc1ccc(NC(=O)C2=CN(C)C3C(=O)N(Cc4ccccc4)C(=O)NC23)cc1Cl. The summed E-state index contributed by atoms with van der Waals surface area (Å²) in [5.74, 6) is -0.730. The molecule has 0 aromatic heterocycles. The molecule has 1 fully saturated rings. The van der Waals surface area contributed by atoms with E-state index in [9.17, 15) is 14.4 Å². The van der Waals surface area contributed by atoms with Gasteiger partial charge >= 0.3 is 6.03 Å². The van der Waals surface area contributed by atoms with Gasteiger partial charge in [0.15, 0.2) is 0 Å². The minimum Gasteiger partial charge on any atom is -0.366 e. The van der Waals surface area contributed by atoms with Gasteiger partial charge in [-0.1, -0.05) is 48.0 Å². The number of halogens is 1. The first-order valence-corrected chi connectivity index (χ1v) is 9.90. The number of fused-ring (bicyclic) bond motifs is 1. The van der Waals surface area contributed by atoms with Crippen LogP contribution in [-0.4, -0.2) is 46.8 Å². The average molecular weight is 425 g/mol. The Morgan fingerprint density at radius 1 is 1.17 bits per heavy atom. The lowest BCUT2D eigenvalue weighted by Gasteiger charge is -2.37. The second-order valence-corrected chi connectivity index (χ2v) is 7.86. The van der Waals surface area contributed by atoms with Crippen LogP contribution >= 0.6 is 11.6 Å². The van der Waals surface area contributed by atoms with Gasteiger partial charge in [-0.2, -0.15) is 0 Å². The summed E-state index contributed by atoms with van der Waals surface area (Å²) in [6.45, 7) is 2.04. The number of urea groups is 1. The minimum absolute atomic E-state index is 0.173. The number of likely N-dealkylation sites (N-methyl/N-ethyl adjacent to an activating group) is 1. The molecule has 2 aliphatic rings. The van der Waals surface area contributed by atoms with Crippen LogP contribution in [0.1, 0.15) is 11.1 Å². The van der Waals surface area contributed by atoms with Gasteiger partial charge in [0.05, 0.1) is 18.2 Å². The van der Waals surface area contributed by atoms with E-state index in [0.29, 0.717) is 16.3 Å². The smallest absolute Gasteiger partial charge is 0.325 e. The molecule has 154 valence electrons. The first-order valence-electron chi connectivity index (χ1n) is 9.52. The molecule has 2 unspecified atom stereocenters. The first kappa shape index (κ1) is 20.0. The fourth-order valence-corrected chi connectivity index (χ4v) is 3.90. The molecule has 2 N–H and O–H groups in total. The van der Waals surface area contributed by atoms with Gasteiger partial charge in [-0.25, -0.2) is 4.79 Å². The third-order valence-electron chi connectivity index (χ3n) is 5.35. The first-order chi connectivity index (χ1) is 14.3. The molecule has 8 heteroatoms. The maximum absolute atomic E-state index is 13.1. The van der Waals surface area contributed by atoms with E-state index in [0.717, 1.165) is 11.1 Å². The molecule has 0 radical (unpaired) electrons. The Balaban J connectivity index is 1.52. The van der Waals surface area contributed by atoms with E-state index in [4.69, 9.17) is 11.6 Å². The molecule has 2 aromatic carbocycles. The third-order valence-corrected chi connectivity index (χ3v) is 5.76. The lowest BCUT2D eigenvalue weighted by atomic mass is 9.99. The summed E-state index contributed by atoms with van der Waals surface area (Å²) in [6.07, 6.45) is 1.60. The molecule has 2 heterocycles. The maximum Gasteiger partial charge on any atom is 0.325 e. The quantitative estimate of drug-likeness (QED) is 0.790. The van der Waals surface area contributed by atoms with Crippen molar-refractivity contribution < 1.29 is 14.4 Å². The van der Waals surface area contributed by atoms with Crippen LogP contribution in [0.2, 0.25) is 5.02 Å². The number of benzene rings is 2. The Kier molecular flexibility index (Phi) is 5.22. The van der Waals surface area contributed by atoms with Crippen molar-refractivity contribution >= 4 is 35.1 Å². The highest BCUT2D eigenvalue weighted by atomic mass is 35.5. The van der Waals surface area contributed by atoms with E-state index in [1.54, 1.807) is 30.3 Å². The molecular formula is C22H21ClN4O3. The Morgan fingerprint density at radius 3 is 2.60 bits per heavy atom. The van der Waals surface area contributed by atoms with Gasteiger partial charge in [0, 0.05) is 24.0 Å². The number of hydrogen-bond donors (Lipinski definition) is 2. The Labute approximate surface area is 179 Å². The zero-order valence-corrected chi connectivity index (χ0v) is 17.3. The summed E-state index contributed by atoms with van der Waals surface area (Å²) in [5.41, 5.74) is 2.61. The highest BCUT2D eigenvalue weighted by molar-refractivity contribution is 6.31. The van der Waals surface area contributed by atoms with Crippen molar-refractivity contribution in [2.45, 2.75) is 25.6 Å². The normalized spacial score (nSPS) is 20.6. The fourth-order valence-electron chi connectivity index (χ4n) is 3.72. The predicted molar refractivity (Wildman–Crippen MR) is 114 cm³/mol. The predicted octanol–water partition coefficient (Wildman–Crippen LogP) is 2.91. The third kappa shape index (κ3) is 3.64. The Bertz CT molecular complexity index is 1050. The summed E-state index contributed by atoms with van der Waals surface area (Å²) in [4.78, 5) is 41.5. The van der Waals surface area contributed by atoms with Gasteiger partial charge in [0.2, 0.25) is 0 Å². The zero-order chi connectivity index (χ0) is 21.4. The van der Waals surface area contributed by atoms with Gasteiger partial charge < -0.3 is 15.5 Å². The summed E-state index contributed by atoms with van der Waals surface area (Å²) in [5, 5.41) is 6.15. The largest absolute Gasteiger partial charge is 0.366 e. The molecule has 0 spiro atoms. The molecule has 4 amide bonds. The highest BCUT2D eigenvalue weighted by Gasteiger charge is 2.49. The van der Waals surface area contributed by atoms with Crippen LogP contribution in [0.5, 0.6) is 0 Å². The zero-order valence-electron chi connectivity index (χ0n) is 16.6. The molecule has 30 heavy (non-hydrogen) atoms. The average Bonchev–Trinajstić information content (AvgIpc) is 3.05. The van der Waals surface area contributed by atoms with Crippen LogP contribution in [0.15, 0.2) is 60.3 Å². The minimum atomic E-state index is -0.719. The van der Waals surface area contributed by atoms with Gasteiger partial charge in [-0.05, 0) is 30.2 Å². The van der Waals surface area contributed by atoms with Crippen molar-refractivity contribution in [2.75, 3.05) is 12.4 Å². The lowest BCUT2D eigenvalue weighted by molar-refractivity contribution is -0.134. The van der Waals surface area contributed by atoms with Crippen LogP contribution in [-0.2, 0) is 16.1 Å². The number of carbonyl (C=O) groups is 3. The molecule has 0 aliphatic carbocycles. The van der Waals surface area contributed by atoms with Crippen molar-refractivity contribution in [3.05, 3.63) is 76.5 Å². The van der Waals surface area contributed by atoms with E-state index in [1.165, 1.54) is 4.90 Å². The van der Waals surface area contributed by atoms with E-state index in [-0.39, 0.29) is 18.4 Å². The monoisotopic (exact) mass is 424 g/mol. The fraction of sp³-hybridized carbons (Fsp3) is 0.227. The standard InChI is InChI=1S/C22H21ClN4O3/c1-13-8-9-15(10-17(13)23)24-20(28)16-12-26(2)19-18(16)25-22(30)27(21(19)29)11-14-6-4-3-5-7-14/h3-10,12,18-19H,11H2,1-2H3,(H,24,28)(H,25,30). The molecule has 2 aromatic rings. The number of aryl methyl sites for hydroxylation is 1. The Morgan fingerprint density at radius 2 is 1.90 bits per heavy atom. The number of nitrogens with one attached hydrogen (secondary N) is 2. The lowest BCUT2D eigenvalue weighted by Crippen LogP contribution is -2.64. The van der Waals surface area contributed by atoms with Crippen LogP contribution < -0.4 is 10.6 Å². The molecule has 0 bridgehead atoms. The van der Waals surface area contributed by atoms with Crippen molar-refractivity contribution in [3.8, 4) is 0 Å². The summed E-state index contributed by atoms with van der Waals surface area (Å²) in [7, 11) is 1.72. The van der Waals surface area contributed by atoms with Crippen molar-refractivity contribution in [2.24, 2.45) is 0 Å². The molecular weight excluding hydrogens is 404 g/mol. The molecule has 7 nitrogen and oxygen atoms in total. The van der Waals surface area contributed by atoms with Crippen LogP contribution in [0, 0.1) is 6.92 Å². The summed E-state index contributed by atoms with van der Waals surface area (Å²) >= 11 is 6.13. The molecule has 4 rings (SSSR count). The van der Waals surface area contributed by atoms with E-state index in [1.807, 2.05) is 43.3 Å². The van der Waals surface area contributed by atoms with Crippen molar-refractivity contribution in [1.29, 1.82) is 0 Å². The van der Waals surface area contributed by atoms with Crippen LogP contribution in [0.4, 0.5) is 10.5 Å². The maximum atomic E-state index is 13.1. The highest BCUT2D eigenvalue weighted by Crippen LogP contribution is 2.28. The second-order valence-electron chi connectivity index (χ2n) is 7.45. The van der Waals surface area contributed by atoms with Gasteiger partial charge in [0.1, 0.15) is 6.04 Å². The van der Waals surface area contributed by atoms with Gasteiger partial charge in [-0.15, -0.1) is 0 Å². The number of anilines is 1. The van der Waals surface area contributed by atoms with E-state index in [2.05, 4.69) is 10.6 Å². The Hall–Kier alpha value is -3.32. The van der Waals surface area contributed by atoms with Crippen molar-refractivity contribution in [3.63, 3.8) is 0 Å². The van der Waals surface area contributed by atoms with Crippen LogP contribution in [0.3, 0.4) is 0 Å². The van der Waals surface area contributed by atoms with E-state index >= 15 is 0 Å². The number of hydrogen-bond acceptors (Lipinski definition) is 4. The van der Waals surface area contributed by atoms with Crippen molar-refractivity contribution in [1.82, 2.24) is 15.1 Å². The number of amides is 4. The van der Waals surface area contributed by atoms with Gasteiger partial charge in [-0.3, -0.25) is 14.5 Å². The number of imide groups is 1. The number of rotatable bonds is 4. The van der Waals surface area contributed by atoms with Gasteiger partial charge in [0.25, 0.3) is 11.8 Å². The second kappa shape index (κ2) is 7.84. The summed E-state index contributed by atoms with van der Waals surface area (Å²) < 4.78 is 0. The van der Waals surface area contributed by atoms with Crippen LogP contribution in [0.25, 0.3) is 0 Å². The molecule has 0 saturated carbocycles.